The monoisotopic (exact) mass is 253 g/mol. The van der Waals surface area contributed by atoms with E-state index >= 15 is 0 Å². The minimum atomic E-state index is -0.360. The molecule has 5 nitrogen and oxygen atoms in total. The summed E-state index contributed by atoms with van der Waals surface area (Å²) in [6, 6.07) is 12.5. The molecule has 0 aliphatic heterocycles. The van der Waals surface area contributed by atoms with Crippen molar-refractivity contribution in [3.05, 3.63) is 53.6 Å². The van der Waals surface area contributed by atoms with Gasteiger partial charge >= 0.3 is 0 Å². The van der Waals surface area contributed by atoms with Crippen LogP contribution in [0.3, 0.4) is 0 Å². The van der Waals surface area contributed by atoms with Crippen LogP contribution in [0.15, 0.2) is 42.5 Å². The number of phenolic OH excluding ortho intramolecular Hbond substituents is 1. The SMILES string of the molecule is N#Cc1cc(N)ccc1NC(=O)c1ccc(O)cc1. The van der Waals surface area contributed by atoms with Crippen LogP contribution in [0.25, 0.3) is 0 Å². The molecule has 94 valence electrons. The van der Waals surface area contributed by atoms with Crippen molar-refractivity contribution in [3.8, 4) is 11.8 Å². The highest BCUT2D eigenvalue weighted by molar-refractivity contribution is 6.05. The molecule has 0 atom stereocenters. The molecule has 2 aromatic rings. The molecular formula is C14H11N3O2. The number of amides is 1. The largest absolute Gasteiger partial charge is 0.508 e. The summed E-state index contributed by atoms with van der Waals surface area (Å²) in [7, 11) is 0. The highest BCUT2D eigenvalue weighted by Gasteiger charge is 2.09. The number of anilines is 2. The van der Waals surface area contributed by atoms with E-state index in [2.05, 4.69) is 5.32 Å². The summed E-state index contributed by atoms with van der Waals surface area (Å²) in [4.78, 5) is 11.9. The molecule has 0 heterocycles. The second-order valence-corrected chi connectivity index (χ2v) is 3.92. The Kier molecular flexibility index (Phi) is 3.35. The molecule has 2 rings (SSSR count). The van der Waals surface area contributed by atoms with Gasteiger partial charge in [-0.25, -0.2) is 0 Å². The predicted molar refractivity (Wildman–Crippen MR) is 71.6 cm³/mol. The molecule has 0 saturated carbocycles. The second kappa shape index (κ2) is 5.10. The molecule has 0 saturated heterocycles. The minimum absolute atomic E-state index is 0.0850. The maximum Gasteiger partial charge on any atom is 0.255 e. The van der Waals surface area contributed by atoms with Crippen molar-refractivity contribution in [2.24, 2.45) is 0 Å². The lowest BCUT2D eigenvalue weighted by atomic mass is 10.1. The molecule has 0 unspecified atom stereocenters. The van der Waals surface area contributed by atoms with E-state index in [0.29, 0.717) is 22.5 Å². The first kappa shape index (κ1) is 12.5. The van der Waals surface area contributed by atoms with Gasteiger partial charge in [-0.3, -0.25) is 4.79 Å². The second-order valence-electron chi connectivity index (χ2n) is 3.92. The zero-order chi connectivity index (χ0) is 13.8. The Bertz CT molecular complexity index is 657. The Balaban J connectivity index is 2.24. The Hall–Kier alpha value is -3.00. The van der Waals surface area contributed by atoms with E-state index in [1.165, 1.54) is 30.3 Å². The molecule has 1 amide bonds. The van der Waals surface area contributed by atoms with Crippen LogP contribution in [0.2, 0.25) is 0 Å². The fourth-order valence-corrected chi connectivity index (χ4v) is 1.57. The predicted octanol–water partition coefficient (Wildman–Crippen LogP) is 2.10. The van der Waals surface area contributed by atoms with Gasteiger partial charge in [-0.1, -0.05) is 0 Å². The third kappa shape index (κ3) is 2.82. The molecule has 5 heteroatoms. The highest BCUT2D eigenvalue weighted by Crippen LogP contribution is 2.19. The van der Waals surface area contributed by atoms with E-state index in [4.69, 9.17) is 16.1 Å². The van der Waals surface area contributed by atoms with Crippen LogP contribution >= 0.6 is 0 Å². The molecule has 19 heavy (non-hydrogen) atoms. The van der Waals surface area contributed by atoms with Crippen molar-refractivity contribution in [3.63, 3.8) is 0 Å². The average Bonchev–Trinajstić information content (AvgIpc) is 2.41. The van der Waals surface area contributed by atoms with Crippen LogP contribution in [0.4, 0.5) is 11.4 Å². The zero-order valence-electron chi connectivity index (χ0n) is 9.92. The normalized spacial score (nSPS) is 9.63. The summed E-state index contributed by atoms with van der Waals surface area (Å²) in [5.41, 5.74) is 7.11. The smallest absolute Gasteiger partial charge is 0.255 e. The van der Waals surface area contributed by atoms with Gasteiger partial charge in [-0.2, -0.15) is 5.26 Å². The molecule has 0 aliphatic carbocycles. The summed E-state index contributed by atoms with van der Waals surface area (Å²) in [5, 5.41) is 20.8. The Morgan fingerprint density at radius 2 is 1.89 bits per heavy atom. The molecular weight excluding hydrogens is 242 g/mol. The maximum absolute atomic E-state index is 11.9. The van der Waals surface area contributed by atoms with Crippen molar-refractivity contribution in [1.29, 1.82) is 5.26 Å². The maximum atomic E-state index is 11.9. The highest BCUT2D eigenvalue weighted by atomic mass is 16.3. The third-order valence-electron chi connectivity index (χ3n) is 2.54. The summed E-state index contributed by atoms with van der Waals surface area (Å²) in [5.74, 6) is -0.275. The Morgan fingerprint density at radius 1 is 1.21 bits per heavy atom. The van der Waals surface area contributed by atoms with Crippen LogP contribution in [0, 0.1) is 11.3 Å². The average molecular weight is 253 g/mol. The number of nitrogens with one attached hydrogen (secondary N) is 1. The lowest BCUT2D eigenvalue weighted by Gasteiger charge is -2.07. The van der Waals surface area contributed by atoms with Gasteiger partial charge in [0.25, 0.3) is 5.91 Å². The van der Waals surface area contributed by atoms with Gasteiger partial charge in [-0.15, -0.1) is 0 Å². The lowest BCUT2D eigenvalue weighted by Crippen LogP contribution is -2.12. The fourth-order valence-electron chi connectivity index (χ4n) is 1.57. The molecule has 0 fully saturated rings. The van der Waals surface area contributed by atoms with Crippen LogP contribution in [-0.4, -0.2) is 11.0 Å². The summed E-state index contributed by atoms with van der Waals surface area (Å²) in [6.07, 6.45) is 0. The molecule has 0 spiro atoms. The number of nitriles is 1. The summed E-state index contributed by atoms with van der Waals surface area (Å²) in [6.45, 7) is 0. The number of nitrogen functional groups attached to an aromatic ring is 1. The number of hydrogen-bond donors (Lipinski definition) is 3. The zero-order valence-corrected chi connectivity index (χ0v) is 9.92. The number of phenols is 1. The number of carbonyl (C=O) groups excluding carboxylic acids is 1. The molecule has 0 radical (unpaired) electrons. The topological polar surface area (TPSA) is 99.1 Å². The first-order chi connectivity index (χ1) is 9.10. The number of aromatic hydroxyl groups is 1. The summed E-state index contributed by atoms with van der Waals surface area (Å²) >= 11 is 0. The van der Waals surface area contributed by atoms with E-state index in [1.54, 1.807) is 12.1 Å². The molecule has 0 aliphatic rings. The van der Waals surface area contributed by atoms with E-state index in [-0.39, 0.29) is 11.7 Å². The standard InChI is InChI=1S/C14H11N3O2/c15-8-10-7-11(16)3-6-13(10)17-14(19)9-1-4-12(18)5-2-9/h1-7,18H,16H2,(H,17,19). The molecule has 2 aromatic carbocycles. The van der Waals surface area contributed by atoms with Crippen molar-refractivity contribution >= 4 is 17.3 Å². The van der Waals surface area contributed by atoms with Crippen molar-refractivity contribution in [2.75, 3.05) is 11.1 Å². The van der Waals surface area contributed by atoms with E-state index in [1.807, 2.05) is 6.07 Å². The molecule has 4 N–H and O–H groups in total. The molecule has 0 bridgehead atoms. The van der Waals surface area contributed by atoms with Gasteiger partial charge < -0.3 is 16.2 Å². The van der Waals surface area contributed by atoms with E-state index in [9.17, 15) is 4.79 Å². The van der Waals surface area contributed by atoms with Crippen molar-refractivity contribution < 1.29 is 9.90 Å². The minimum Gasteiger partial charge on any atom is -0.508 e. The number of nitrogens with two attached hydrogens (primary N) is 1. The first-order valence-electron chi connectivity index (χ1n) is 5.50. The number of carbonyl (C=O) groups is 1. The number of benzene rings is 2. The van der Waals surface area contributed by atoms with Gasteiger partial charge in [0.1, 0.15) is 11.8 Å². The quantitative estimate of drug-likeness (QED) is 0.713. The third-order valence-corrected chi connectivity index (χ3v) is 2.54. The van der Waals surface area contributed by atoms with E-state index < -0.39 is 0 Å². The van der Waals surface area contributed by atoms with Gasteiger partial charge in [0, 0.05) is 11.3 Å². The molecule has 0 aromatic heterocycles. The number of rotatable bonds is 2. The van der Waals surface area contributed by atoms with Gasteiger partial charge in [0.15, 0.2) is 0 Å². The van der Waals surface area contributed by atoms with Gasteiger partial charge in [0.05, 0.1) is 11.3 Å². The van der Waals surface area contributed by atoms with Gasteiger partial charge in [-0.05, 0) is 42.5 Å². The van der Waals surface area contributed by atoms with Crippen LogP contribution < -0.4 is 11.1 Å². The van der Waals surface area contributed by atoms with Crippen LogP contribution in [0.5, 0.6) is 5.75 Å². The van der Waals surface area contributed by atoms with Crippen molar-refractivity contribution in [1.82, 2.24) is 0 Å². The van der Waals surface area contributed by atoms with Crippen molar-refractivity contribution in [2.45, 2.75) is 0 Å². The van der Waals surface area contributed by atoms with Crippen LogP contribution in [0.1, 0.15) is 15.9 Å². The van der Waals surface area contributed by atoms with Gasteiger partial charge in [0.2, 0.25) is 0 Å². The first-order valence-corrected chi connectivity index (χ1v) is 5.50. The summed E-state index contributed by atoms with van der Waals surface area (Å²) < 4.78 is 0. The lowest BCUT2D eigenvalue weighted by molar-refractivity contribution is 0.102. The van der Waals surface area contributed by atoms with Crippen LogP contribution in [-0.2, 0) is 0 Å². The fraction of sp³-hybridized carbons (Fsp3) is 0. The Morgan fingerprint density at radius 3 is 2.53 bits per heavy atom. The number of nitrogens with zero attached hydrogens (tertiary/aromatic N) is 1. The van der Waals surface area contributed by atoms with E-state index in [0.717, 1.165) is 0 Å². The Labute approximate surface area is 109 Å². The number of hydrogen-bond acceptors (Lipinski definition) is 4.